The highest BCUT2D eigenvalue weighted by Crippen LogP contribution is 2.32. The monoisotopic (exact) mass is 342 g/mol. The van der Waals surface area contributed by atoms with Gasteiger partial charge in [-0.3, -0.25) is 4.79 Å². The molecule has 1 atom stereocenters. The number of anilines is 1. The van der Waals surface area contributed by atoms with E-state index < -0.39 is 0 Å². The van der Waals surface area contributed by atoms with Gasteiger partial charge in [-0.25, -0.2) is 0 Å². The van der Waals surface area contributed by atoms with Crippen molar-refractivity contribution in [3.8, 4) is 0 Å². The number of carbonyl (C=O) groups is 1. The maximum atomic E-state index is 12.5. The van der Waals surface area contributed by atoms with Crippen LogP contribution in [0.25, 0.3) is 0 Å². The Kier molecular flexibility index (Phi) is 3.83. The molecule has 3 nitrogen and oxygen atoms in total. The Morgan fingerprint density at radius 2 is 2.11 bits per heavy atom. The first-order valence-electron chi connectivity index (χ1n) is 6.67. The molecule has 1 aliphatic heterocycles. The van der Waals surface area contributed by atoms with E-state index in [4.69, 9.17) is 11.6 Å². The third-order valence-corrected chi connectivity index (χ3v) is 4.52. The van der Waals surface area contributed by atoms with Crippen LogP contribution in [0.15, 0.2) is 22.7 Å². The summed E-state index contributed by atoms with van der Waals surface area (Å²) in [5.41, 5.74) is 0.914. The van der Waals surface area contributed by atoms with Crippen molar-refractivity contribution in [2.24, 2.45) is 0 Å². The number of piperidine rings is 1. The number of amides is 1. The van der Waals surface area contributed by atoms with Gasteiger partial charge in [0.1, 0.15) is 0 Å². The number of hydrogen-bond donors (Lipinski definition) is 1. The Morgan fingerprint density at radius 1 is 1.32 bits per heavy atom. The molecule has 1 aromatic carbocycles. The molecule has 0 radical (unpaired) electrons. The van der Waals surface area contributed by atoms with Crippen LogP contribution in [0.1, 0.15) is 25.7 Å². The van der Waals surface area contributed by atoms with Gasteiger partial charge in [0.15, 0.2) is 0 Å². The molecule has 3 rings (SSSR count). The normalized spacial score (nSPS) is 23.8. The molecule has 1 aliphatic carbocycles. The Balaban J connectivity index is 1.80. The number of benzene rings is 1. The van der Waals surface area contributed by atoms with Crippen molar-refractivity contribution < 1.29 is 4.79 Å². The molecular formula is C14H16BrClN2O. The number of carbonyl (C=O) groups excluding carboxylic acids is 1. The highest BCUT2D eigenvalue weighted by Gasteiger charge is 2.34. The van der Waals surface area contributed by atoms with E-state index in [0.29, 0.717) is 11.1 Å². The minimum absolute atomic E-state index is 0.0242. The summed E-state index contributed by atoms with van der Waals surface area (Å²) in [7, 11) is 0. The predicted octanol–water partition coefficient (Wildman–Crippen LogP) is 3.35. The lowest BCUT2D eigenvalue weighted by atomic mass is 10.0. The van der Waals surface area contributed by atoms with E-state index in [1.54, 1.807) is 0 Å². The molecule has 102 valence electrons. The molecule has 1 N–H and O–H groups in total. The van der Waals surface area contributed by atoms with Gasteiger partial charge in [0.05, 0.1) is 11.7 Å². The van der Waals surface area contributed by atoms with Gasteiger partial charge in [0.2, 0.25) is 5.91 Å². The molecule has 1 heterocycles. The van der Waals surface area contributed by atoms with Crippen molar-refractivity contribution >= 4 is 39.1 Å². The quantitative estimate of drug-likeness (QED) is 0.913. The molecule has 5 heteroatoms. The minimum atomic E-state index is -0.0242. The molecule has 0 spiro atoms. The third-order valence-electron chi connectivity index (χ3n) is 3.65. The summed E-state index contributed by atoms with van der Waals surface area (Å²) in [6, 6.07) is 6.10. The fourth-order valence-electron chi connectivity index (χ4n) is 2.50. The largest absolute Gasteiger partial charge is 0.310 e. The summed E-state index contributed by atoms with van der Waals surface area (Å²) in [5.74, 6) is 0.182. The van der Waals surface area contributed by atoms with Crippen molar-refractivity contribution in [3.05, 3.63) is 27.7 Å². The van der Waals surface area contributed by atoms with Crippen LogP contribution >= 0.6 is 27.5 Å². The van der Waals surface area contributed by atoms with Crippen LogP contribution in [-0.4, -0.2) is 24.5 Å². The Hall–Kier alpha value is -0.580. The summed E-state index contributed by atoms with van der Waals surface area (Å²) >= 11 is 9.45. The summed E-state index contributed by atoms with van der Waals surface area (Å²) < 4.78 is 0.875. The number of hydrogen-bond acceptors (Lipinski definition) is 2. The highest BCUT2D eigenvalue weighted by atomic mass is 79.9. The first-order chi connectivity index (χ1) is 9.15. The zero-order valence-corrected chi connectivity index (χ0v) is 12.9. The van der Waals surface area contributed by atoms with Crippen molar-refractivity contribution in [1.82, 2.24) is 5.32 Å². The second kappa shape index (κ2) is 5.43. The van der Waals surface area contributed by atoms with Crippen molar-refractivity contribution in [3.63, 3.8) is 0 Å². The predicted molar refractivity (Wildman–Crippen MR) is 80.7 cm³/mol. The first-order valence-corrected chi connectivity index (χ1v) is 7.85. The Morgan fingerprint density at radius 3 is 2.79 bits per heavy atom. The van der Waals surface area contributed by atoms with Crippen LogP contribution in [-0.2, 0) is 4.79 Å². The molecule has 1 unspecified atom stereocenters. The lowest BCUT2D eigenvalue weighted by Gasteiger charge is -2.33. The number of rotatable bonds is 3. The zero-order chi connectivity index (χ0) is 13.4. The van der Waals surface area contributed by atoms with Gasteiger partial charge in [-0.1, -0.05) is 11.6 Å². The van der Waals surface area contributed by atoms with Gasteiger partial charge in [-0.2, -0.15) is 0 Å². The van der Waals surface area contributed by atoms with E-state index in [-0.39, 0.29) is 11.9 Å². The van der Waals surface area contributed by atoms with Gasteiger partial charge in [0, 0.05) is 22.1 Å². The van der Waals surface area contributed by atoms with Crippen molar-refractivity contribution in [2.45, 2.75) is 37.8 Å². The van der Waals surface area contributed by atoms with Crippen LogP contribution in [0.3, 0.4) is 0 Å². The van der Waals surface area contributed by atoms with Gasteiger partial charge >= 0.3 is 0 Å². The first kappa shape index (κ1) is 13.4. The van der Waals surface area contributed by atoms with Crippen LogP contribution < -0.4 is 10.2 Å². The molecule has 0 bridgehead atoms. The number of nitrogens with one attached hydrogen (secondary N) is 1. The van der Waals surface area contributed by atoms with Crippen LogP contribution in [0.4, 0.5) is 5.69 Å². The van der Waals surface area contributed by atoms with Gasteiger partial charge in [-0.15, -0.1) is 0 Å². The maximum absolute atomic E-state index is 12.5. The van der Waals surface area contributed by atoms with Gasteiger partial charge in [-0.05, 0) is 59.8 Å². The summed E-state index contributed by atoms with van der Waals surface area (Å²) in [6.45, 7) is 0.780. The number of nitrogens with zero attached hydrogens (tertiary/aromatic N) is 1. The second-order valence-corrected chi connectivity index (χ2v) is 6.51. The Labute approximate surface area is 126 Å². The molecule has 1 saturated heterocycles. The molecule has 19 heavy (non-hydrogen) atoms. The standard InChI is InChI=1S/C14H16BrClN2O/c15-11-8-9(16)3-6-13(11)18-7-1-2-12(14(18)19)17-10-4-5-10/h3,6,8,10,12,17H,1-2,4-5,7H2. The van der Waals surface area contributed by atoms with Crippen LogP contribution in [0, 0.1) is 0 Å². The van der Waals surface area contributed by atoms with Crippen molar-refractivity contribution in [2.75, 3.05) is 11.4 Å². The van der Waals surface area contributed by atoms with Crippen LogP contribution in [0.5, 0.6) is 0 Å². The van der Waals surface area contributed by atoms with Crippen molar-refractivity contribution in [1.29, 1.82) is 0 Å². The third kappa shape index (κ3) is 2.96. The van der Waals surface area contributed by atoms with Gasteiger partial charge < -0.3 is 10.2 Å². The maximum Gasteiger partial charge on any atom is 0.244 e. The second-order valence-electron chi connectivity index (χ2n) is 5.22. The summed E-state index contributed by atoms with van der Waals surface area (Å²) in [4.78, 5) is 14.4. The Bertz CT molecular complexity index is 504. The zero-order valence-electron chi connectivity index (χ0n) is 10.5. The van der Waals surface area contributed by atoms with E-state index in [1.165, 1.54) is 12.8 Å². The average Bonchev–Trinajstić information content (AvgIpc) is 3.17. The van der Waals surface area contributed by atoms with Crippen LogP contribution in [0.2, 0.25) is 5.02 Å². The molecule has 1 amide bonds. The fraction of sp³-hybridized carbons (Fsp3) is 0.500. The summed E-state index contributed by atoms with van der Waals surface area (Å²) in [6.07, 6.45) is 4.38. The SMILES string of the molecule is O=C1C(NC2CC2)CCCN1c1ccc(Cl)cc1Br. The highest BCUT2D eigenvalue weighted by molar-refractivity contribution is 9.10. The topological polar surface area (TPSA) is 32.3 Å². The molecule has 2 aliphatic rings. The molecule has 0 aromatic heterocycles. The molecule has 2 fully saturated rings. The van der Waals surface area contributed by atoms with E-state index >= 15 is 0 Å². The average molecular weight is 344 g/mol. The lowest BCUT2D eigenvalue weighted by Crippen LogP contribution is -2.51. The summed E-state index contributed by atoms with van der Waals surface area (Å²) in [5, 5.41) is 4.11. The smallest absolute Gasteiger partial charge is 0.244 e. The van der Waals surface area contributed by atoms with E-state index in [9.17, 15) is 4.79 Å². The number of halogens is 2. The van der Waals surface area contributed by atoms with E-state index in [2.05, 4.69) is 21.2 Å². The lowest BCUT2D eigenvalue weighted by molar-refractivity contribution is -0.121. The van der Waals surface area contributed by atoms with Gasteiger partial charge in [0.25, 0.3) is 0 Å². The minimum Gasteiger partial charge on any atom is -0.310 e. The fourth-order valence-corrected chi connectivity index (χ4v) is 3.40. The van der Waals surface area contributed by atoms with E-state index in [1.807, 2.05) is 23.1 Å². The molecular weight excluding hydrogens is 328 g/mol. The molecule has 1 aromatic rings. The van der Waals surface area contributed by atoms with E-state index in [0.717, 1.165) is 29.5 Å². The molecule has 1 saturated carbocycles.